The molecule has 2 atom stereocenters. The molecular formula is C13H18N2O4. The number of nitrogens with zero attached hydrogens (tertiary/aromatic N) is 2. The Balaban J connectivity index is 2.04. The summed E-state index contributed by atoms with van der Waals surface area (Å²) in [5.41, 5.74) is 0. The fourth-order valence-corrected chi connectivity index (χ4v) is 2.34. The summed E-state index contributed by atoms with van der Waals surface area (Å²) in [6.07, 6.45) is 5.16. The van der Waals surface area contributed by atoms with Crippen LogP contribution >= 0.6 is 0 Å². The maximum absolute atomic E-state index is 12.1. The number of hydrogen-bond acceptors (Lipinski definition) is 5. The molecular weight excluding hydrogens is 248 g/mol. The molecule has 0 saturated carbocycles. The zero-order chi connectivity index (χ0) is 13.8. The van der Waals surface area contributed by atoms with Crippen molar-refractivity contribution < 1.29 is 19.1 Å². The highest BCUT2D eigenvalue weighted by atomic mass is 16.5. The summed E-state index contributed by atoms with van der Waals surface area (Å²) in [6, 6.07) is 0.0398. The van der Waals surface area contributed by atoms with E-state index in [-0.39, 0.29) is 24.7 Å². The number of esters is 1. The van der Waals surface area contributed by atoms with E-state index in [2.05, 4.69) is 11.3 Å². The molecule has 0 radical (unpaired) electrons. The molecule has 0 aromatic carbocycles. The standard InChI is InChI=1S/C13H18N2O4/c1-3-10-5-7-19-12-9-14(6-4-13(17)18-2)8-11(16)15(10)12/h3-4,6,10,12H,1,5,7-9H2,2H3/b6-4+/t10-,12?/m1/s1. The second kappa shape index (κ2) is 5.88. The largest absolute Gasteiger partial charge is 0.466 e. The highest BCUT2D eigenvalue weighted by Crippen LogP contribution is 2.23. The molecule has 2 rings (SSSR count). The zero-order valence-corrected chi connectivity index (χ0v) is 10.9. The molecule has 0 N–H and O–H groups in total. The Bertz CT molecular complexity index is 407. The highest BCUT2D eigenvalue weighted by molar-refractivity contribution is 5.82. The number of amides is 1. The molecule has 0 aliphatic carbocycles. The van der Waals surface area contributed by atoms with Crippen molar-refractivity contribution in [3.8, 4) is 0 Å². The molecule has 2 aliphatic heterocycles. The summed E-state index contributed by atoms with van der Waals surface area (Å²) in [6.45, 7) is 5.15. The van der Waals surface area contributed by atoms with Gasteiger partial charge in [-0.25, -0.2) is 4.79 Å². The minimum Gasteiger partial charge on any atom is -0.466 e. The maximum Gasteiger partial charge on any atom is 0.331 e. The SMILES string of the molecule is C=C[C@@H]1CCOC2CN(/C=C/C(=O)OC)CC(=O)N21. The number of hydrogen-bond donors (Lipinski definition) is 0. The molecule has 1 amide bonds. The number of carbonyl (C=O) groups is 2. The molecule has 2 heterocycles. The summed E-state index contributed by atoms with van der Waals surface area (Å²) in [5.74, 6) is -0.459. The Kier molecular flexibility index (Phi) is 4.21. The lowest BCUT2D eigenvalue weighted by molar-refractivity contribution is -0.173. The normalized spacial score (nSPS) is 27.3. The fraction of sp³-hybridized carbons (Fsp3) is 0.538. The van der Waals surface area contributed by atoms with Crippen molar-refractivity contribution >= 4 is 11.9 Å². The average Bonchev–Trinajstić information content (AvgIpc) is 2.43. The van der Waals surface area contributed by atoms with Crippen LogP contribution < -0.4 is 0 Å². The van der Waals surface area contributed by atoms with Crippen molar-refractivity contribution in [3.63, 3.8) is 0 Å². The number of ether oxygens (including phenoxy) is 2. The van der Waals surface area contributed by atoms with Gasteiger partial charge in [-0.1, -0.05) is 6.08 Å². The van der Waals surface area contributed by atoms with Crippen LogP contribution in [0, 0.1) is 0 Å². The third-order valence-electron chi connectivity index (χ3n) is 3.30. The second-order valence-electron chi connectivity index (χ2n) is 4.49. The minimum absolute atomic E-state index is 0.0182. The van der Waals surface area contributed by atoms with Gasteiger partial charge in [-0.2, -0.15) is 0 Å². The smallest absolute Gasteiger partial charge is 0.331 e. The summed E-state index contributed by atoms with van der Waals surface area (Å²) in [4.78, 5) is 26.7. The van der Waals surface area contributed by atoms with Crippen molar-refractivity contribution in [2.24, 2.45) is 0 Å². The van der Waals surface area contributed by atoms with Gasteiger partial charge >= 0.3 is 5.97 Å². The Morgan fingerprint density at radius 2 is 2.37 bits per heavy atom. The molecule has 1 unspecified atom stereocenters. The van der Waals surface area contributed by atoms with Gasteiger partial charge in [0.1, 0.15) is 6.23 Å². The molecule has 6 heteroatoms. The van der Waals surface area contributed by atoms with E-state index in [9.17, 15) is 9.59 Å². The maximum atomic E-state index is 12.1. The van der Waals surface area contributed by atoms with Gasteiger partial charge < -0.3 is 19.3 Å². The lowest BCUT2D eigenvalue weighted by atomic mass is 10.1. The molecule has 0 bridgehead atoms. The van der Waals surface area contributed by atoms with E-state index in [1.165, 1.54) is 13.2 Å². The molecule has 0 spiro atoms. The van der Waals surface area contributed by atoms with Crippen LogP contribution in [0.5, 0.6) is 0 Å². The van der Waals surface area contributed by atoms with Crippen LogP contribution in [0.15, 0.2) is 24.9 Å². The van der Waals surface area contributed by atoms with Crippen molar-refractivity contribution in [2.75, 3.05) is 26.8 Å². The monoisotopic (exact) mass is 266 g/mol. The van der Waals surface area contributed by atoms with Crippen LogP contribution in [-0.2, 0) is 19.1 Å². The summed E-state index contributed by atoms with van der Waals surface area (Å²) in [7, 11) is 1.31. The van der Waals surface area contributed by atoms with Crippen molar-refractivity contribution in [1.82, 2.24) is 9.80 Å². The third kappa shape index (κ3) is 2.96. The van der Waals surface area contributed by atoms with Gasteiger partial charge in [0.2, 0.25) is 5.91 Å². The molecule has 104 valence electrons. The molecule has 0 aromatic rings. The number of rotatable bonds is 3. The number of piperazine rings is 1. The van der Waals surface area contributed by atoms with E-state index in [0.717, 1.165) is 6.42 Å². The molecule has 6 nitrogen and oxygen atoms in total. The van der Waals surface area contributed by atoms with Crippen LogP contribution in [0.4, 0.5) is 0 Å². The van der Waals surface area contributed by atoms with Gasteiger partial charge in [0.15, 0.2) is 0 Å². The minimum atomic E-state index is -0.441. The topological polar surface area (TPSA) is 59.1 Å². The zero-order valence-electron chi connectivity index (χ0n) is 10.9. The molecule has 2 aliphatic rings. The van der Waals surface area contributed by atoms with E-state index in [0.29, 0.717) is 13.2 Å². The average molecular weight is 266 g/mol. The first kappa shape index (κ1) is 13.6. The second-order valence-corrected chi connectivity index (χ2v) is 4.49. The van der Waals surface area contributed by atoms with E-state index in [1.807, 2.05) is 0 Å². The predicted molar refractivity (Wildman–Crippen MR) is 67.9 cm³/mol. The van der Waals surface area contributed by atoms with Crippen LogP contribution in [0.25, 0.3) is 0 Å². The Hall–Kier alpha value is -1.82. The van der Waals surface area contributed by atoms with Crippen molar-refractivity contribution in [1.29, 1.82) is 0 Å². The molecule has 2 fully saturated rings. The van der Waals surface area contributed by atoms with Gasteiger partial charge in [0.05, 0.1) is 32.8 Å². The van der Waals surface area contributed by atoms with Gasteiger partial charge in [0, 0.05) is 12.3 Å². The third-order valence-corrected chi connectivity index (χ3v) is 3.30. The van der Waals surface area contributed by atoms with Gasteiger partial charge in [-0.15, -0.1) is 6.58 Å². The number of carbonyl (C=O) groups excluding carboxylic acids is 2. The van der Waals surface area contributed by atoms with Gasteiger partial charge in [-0.05, 0) is 6.42 Å². The Morgan fingerprint density at radius 3 is 3.05 bits per heavy atom. The van der Waals surface area contributed by atoms with E-state index < -0.39 is 5.97 Å². The van der Waals surface area contributed by atoms with Crippen molar-refractivity contribution in [2.45, 2.75) is 18.7 Å². The van der Waals surface area contributed by atoms with Gasteiger partial charge in [0.25, 0.3) is 0 Å². The van der Waals surface area contributed by atoms with E-state index in [1.54, 1.807) is 22.1 Å². The van der Waals surface area contributed by atoms with Crippen LogP contribution in [0.2, 0.25) is 0 Å². The molecule has 2 saturated heterocycles. The summed E-state index contributed by atoms with van der Waals surface area (Å²) in [5, 5.41) is 0. The lowest BCUT2D eigenvalue weighted by Gasteiger charge is -2.46. The first-order valence-electron chi connectivity index (χ1n) is 6.21. The molecule has 19 heavy (non-hydrogen) atoms. The van der Waals surface area contributed by atoms with Crippen LogP contribution in [-0.4, -0.2) is 60.8 Å². The van der Waals surface area contributed by atoms with Crippen molar-refractivity contribution in [3.05, 3.63) is 24.9 Å². The summed E-state index contributed by atoms with van der Waals surface area (Å²) >= 11 is 0. The molecule has 0 aromatic heterocycles. The Morgan fingerprint density at radius 1 is 1.58 bits per heavy atom. The Labute approximate surface area is 112 Å². The summed E-state index contributed by atoms with van der Waals surface area (Å²) < 4.78 is 10.1. The van der Waals surface area contributed by atoms with Crippen LogP contribution in [0.1, 0.15) is 6.42 Å². The fourth-order valence-electron chi connectivity index (χ4n) is 2.34. The van der Waals surface area contributed by atoms with Crippen LogP contribution in [0.3, 0.4) is 0 Å². The first-order chi connectivity index (χ1) is 9.15. The van der Waals surface area contributed by atoms with E-state index in [4.69, 9.17) is 4.74 Å². The van der Waals surface area contributed by atoms with E-state index >= 15 is 0 Å². The quantitative estimate of drug-likeness (QED) is 0.412. The predicted octanol–water partition coefficient (Wildman–Crippen LogP) is 0.118. The number of methoxy groups -OCH3 is 1. The first-order valence-corrected chi connectivity index (χ1v) is 6.21. The number of fused-ring (bicyclic) bond motifs is 1. The highest BCUT2D eigenvalue weighted by Gasteiger charge is 2.38. The van der Waals surface area contributed by atoms with Gasteiger partial charge in [-0.3, -0.25) is 4.79 Å². The lowest BCUT2D eigenvalue weighted by Crippen LogP contribution is -2.61.